The van der Waals surface area contributed by atoms with Gasteiger partial charge in [0.05, 0.1) is 11.4 Å². The molecule has 1 aliphatic heterocycles. The highest BCUT2D eigenvalue weighted by molar-refractivity contribution is 5.97. The molecule has 2 heterocycles. The van der Waals surface area contributed by atoms with Gasteiger partial charge in [0.2, 0.25) is 0 Å². The Kier molecular flexibility index (Phi) is 3.33. The van der Waals surface area contributed by atoms with Crippen molar-refractivity contribution in [3.8, 4) is 0 Å². The van der Waals surface area contributed by atoms with Crippen LogP contribution >= 0.6 is 0 Å². The zero-order valence-electron chi connectivity index (χ0n) is 10.3. The smallest absolute Gasteiger partial charge is 0.273 e. The third kappa shape index (κ3) is 2.58. The molecule has 1 aromatic heterocycles. The first-order valence-electron chi connectivity index (χ1n) is 5.85. The lowest BCUT2D eigenvalue weighted by Crippen LogP contribution is -2.31. The third-order valence-corrected chi connectivity index (χ3v) is 3.25. The van der Waals surface area contributed by atoms with Crippen LogP contribution in [0.2, 0.25) is 0 Å². The molecule has 1 fully saturated rings. The number of H-pyrrole nitrogens is 1. The second-order valence-electron chi connectivity index (χ2n) is 4.74. The summed E-state index contributed by atoms with van der Waals surface area (Å²) in [7, 11) is 2.09. The van der Waals surface area contributed by atoms with Crippen LogP contribution in [0.4, 0.5) is 5.69 Å². The minimum absolute atomic E-state index is 0.193. The molecule has 0 aromatic carbocycles. The maximum atomic E-state index is 11.8. The maximum Gasteiger partial charge on any atom is 0.273 e. The number of rotatable bonds is 3. The quantitative estimate of drug-likeness (QED) is 0.689. The lowest BCUT2D eigenvalue weighted by atomic mass is 10.1. The fraction of sp³-hybridized carbons (Fsp3) is 0.636. The number of hydrogen-bond acceptors (Lipinski definition) is 4. The van der Waals surface area contributed by atoms with Crippen LogP contribution in [-0.4, -0.2) is 47.7 Å². The second-order valence-corrected chi connectivity index (χ2v) is 4.74. The van der Waals surface area contributed by atoms with Gasteiger partial charge in [0.15, 0.2) is 5.69 Å². The zero-order valence-corrected chi connectivity index (χ0v) is 10.3. The Morgan fingerprint density at radius 1 is 1.71 bits per heavy atom. The van der Waals surface area contributed by atoms with Gasteiger partial charge < -0.3 is 16.0 Å². The molecule has 1 saturated heterocycles. The number of carbonyl (C=O) groups excluding carboxylic acids is 1. The van der Waals surface area contributed by atoms with Crippen molar-refractivity contribution in [3.05, 3.63) is 11.4 Å². The van der Waals surface area contributed by atoms with E-state index in [0.717, 1.165) is 25.2 Å². The fourth-order valence-electron chi connectivity index (χ4n) is 2.12. The number of nitrogen functional groups attached to an aromatic ring is 1. The van der Waals surface area contributed by atoms with E-state index in [9.17, 15) is 4.79 Å². The standard InChI is InChI=1S/C11H19N5O/c1-7-9(12)10(15-14-7)11(17)13-5-8-3-4-16(2)6-8/h8H,3-6,12H2,1-2H3,(H,13,17)(H,14,15). The Labute approximate surface area is 101 Å². The number of aryl methyl sites for hydroxylation is 1. The first-order valence-corrected chi connectivity index (χ1v) is 5.85. The first kappa shape index (κ1) is 11.9. The Bertz CT molecular complexity index is 414. The van der Waals surface area contributed by atoms with Gasteiger partial charge in [-0.05, 0) is 32.9 Å². The molecule has 0 aliphatic carbocycles. The lowest BCUT2D eigenvalue weighted by Gasteiger charge is -2.11. The number of likely N-dealkylation sites (tertiary alicyclic amines) is 1. The summed E-state index contributed by atoms with van der Waals surface area (Å²) < 4.78 is 0. The van der Waals surface area contributed by atoms with E-state index in [1.54, 1.807) is 6.92 Å². The summed E-state index contributed by atoms with van der Waals surface area (Å²) in [6.45, 7) is 4.62. The van der Waals surface area contributed by atoms with Crippen molar-refractivity contribution in [2.24, 2.45) is 5.92 Å². The predicted octanol–water partition coefficient (Wildman–Crippen LogP) is -0.0182. The number of nitrogens with two attached hydrogens (primary N) is 1. The molecule has 17 heavy (non-hydrogen) atoms. The van der Waals surface area contributed by atoms with Crippen LogP contribution in [0.3, 0.4) is 0 Å². The van der Waals surface area contributed by atoms with Gasteiger partial charge in [0.1, 0.15) is 0 Å². The van der Waals surface area contributed by atoms with Crippen LogP contribution in [0.5, 0.6) is 0 Å². The van der Waals surface area contributed by atoms with Crippen molar-refractivity contribution < 1.29 is 4.79 Å². The summed E-state index contributed by atoms with van der Waals surface area (Å²) in [6.07, 6.45) is 1.13. The van der Waals surface area contributed by atoms with Crippen molar-refractivity contribution in [2.75, 3.05) is 32.4 Å². The number of aromatic amines is 1. The molecule has 4 N–H and O–H groups in total. The number of anilines is 1. The SMILES string of the molecule is Cc1[nH]nc(C(=O)NCC2CCN(C)C2)c1N. The zero-order chi connectivity index (χ0) is 12.4. The van der Waals surface area contributed by atoms with E-state index in [1.165, 1.54) is 0 Å². The molecule has 1 atom stereocenters. The van der Waals surface area contributed by atoms with Crippen molar-refractivity contribution in [2.45, 2.75) is 13.3 Å². The van der Waals surface area contributed by atoms with Crippen LogP contribution in [0, 0.1) is 12.8 Å². The van der Waals surface area contributed by atoms with Crippen LogP contribution in [0.1, 0.15) is 22.6 Å². The minimum Gasteiger partial charge on any atom is -0.395 e. The van der Waals surface area contributed by atoms with Gasteiger partial charge in [0, 0.05) is 13.1 Å². The molecule has 6 heteroatoms. The van der Waals surface area contributed by atoms with Gasteiger partial charge in [-0.3, -0.25) is 9.89 Å². The number of nitrogens with zero attached hydrogens (tertiary/aromatic N) is 2. The van der Waals surface area contributed by atoms with E-state index in [0.29, 0.717) is 23.8 Å². The molecular weight excluding hydrogens is 218 g/mol. The monoisotopic (exact) mass is 237 g/mol. The molecule has 94 valence electrons. The molecule has 1 unspecified atom stereocenters. The molecule has 0 bridgehead atoms. The number of nitrogens with one attached hydrogen (secondary N) is 2. The number of hydrogen-bond donors (Lipinski definition) is 3. The Balaban J connectivity index is 1.87. The van der Waals surface area contributed by atoms with E-state index in [4.69, 9.17) is 5.73 Å². The summed E-state index contributed by atoms with van der Waals surface area (Å²) in [5.74, 6) is 0.339. The molecule has 1 amide bonds. The highest BCUT2D eigenvalue weighted by Gasteiger charge is 2.21. The number of amides is 1. The van der Waals surface area contributed by atoms with Gasteiger partial charge in [-0.1, -0.05) is 0 Å². The van der Waals surface area contributed by atoms with E-state index in [1.807, 2.05) is 0 Å². The van der Waals surface area contributed by atoms with E-state index >= 15 is 0 Å². The largest absolute Gasteiger partial charge is 0.395 e. The summed E-state index contributed by atoms with van der Waals surface area (Å²) in [5.41, 5.74) is 7.21. The van der Waals surface area contributed by atoms with Crippen LogP contribution in [-0.2, 0) is 0 Å². The maximum absolute atomic E-state index is 11.8. The molecule has 0 spiro atoms. The Hall–Kier alpha value is -1.56. The topological polar surface area (TPSA) is 87.0 Å². The van der Waals surface area contributed by atoms with Crippen LogP contribution in [0.25, 0.3) is 0 Å². The molecule has 2 rings (SSSR count). The lowest BCUT2D eigenvalue weighted by molar-refractivity contribution is 0.0943. The highest BCUT2D eigenvalue weighted by atomic mass is 16.1. The summed E-state index contributed by atoms with van der Waals surface area (Å²) >= 11 is 0. The normalized spacial score (nSPS) is 20.7. The highest BCUT2D eigenvalue weighted by Crippen LogP contribution is 2.14. The first-order chi connectivity index (χ1) is 8.08. The number of carbonyl (C=O) groups is 1. The third-order valence-electron chi connectivity index (χ3n) is 3.25. The average Bonchev–Trinajstić information content (AvgIpc) is 2.84. The summed E-state index contributed by atoms with van der Waals surface area (Å²) in [6, 6.07) is 0. The molecule has 1 aromatic rings. The van der Waals surface area contributed by atoms with Gasteiger partial charge in [0.25, 0.3) is 5.91 Å². The molecular formula is C11H19N5O. The summed E-state index contributed by atoms with van der Waals surface area (Å²) in [4.78, 5) is 14.1. The van der Waals surface area contributed by atoms with E-state index < -0.39 is 0 Å². The van der Waals surface area contributed by atoms with Crippen molar-refractivity contribution in [1.82, 2.24) is 20.4 Å². The van der Waals surface area contributed by atoms with Gasteiger partial charge >= 0.3 is 0 Å². The molecule has 0 saturated carbocycles. The number of aromatic nitrogens is 2. The molecule has 0 radical (unpaired) electrons. The van der Waals surface area contributed by atoms with Crippen LogP contribution in [0.15, 0.2) is 0 Å². The van der Waals surface area contributed by atoms with Gasteiger partial charge in [-0.2, -0.15) is 5.10 Å². The van der Waals surface area contributed by atoms with Crippen LogP contribution < -0.4 is 11.1 Å². The minimum atomic E-state index is -0.193. The fourth-order valence-corrected chi connectivity index (χ4v) is 2.12. The van der Waals surface area contributed by atoms with Gasteiger partial charge in [-0.25, -0.2) is 0 Å². The predicted molar refractivity (Wildman–Crippen MR) is 65.7 cm³/mol. The molecule has 6 nitrogen and oxygen atoms in total. The Morgan fingerprint density at radius 3 is 3.00 bits per heavy atom. The van der Waals surface area contributed by atoms with Crippen molar-refractivity contribution in [3.63, 3.8) is 0 Å². The van der Waals surface area contributed by atoms with E-state index in [-0.39, 0.29) is 5.91 Å². The van der Waals surface area contributed by atoms with E-state index in [2.05, 4.69) is 27.5 Å². The van der Waals surface area contributed by atoms with Crippen molar-refractivity contribution in [1.29, 1.82) is 0 Å². The summed E-state index contributed by atoms with van der Waals surface area (Å²) in [5, 5.41) is 9.50. The molecule has 1 aliphatic rings. The average molecular weight is 237 g/mol. The van der Waals surface area contributed by atoms with Crippen molar-refractivity contribution >= 4 is 11.6 Å². The Morgan fingerprint density at radius 2 is 2.47 bits per heavy atom. The second kappa shape index (κ2) is 4.75. The van der Waals surface area contributed by atoms with Gasteiger partial charge in [-0.15, -0.1) is 0 Å².